The van der Waals surface area contributed by atoms with E-state index >= 15 is 0 Å². The fraction of sp³-hybridized carbons (Fsp3) is 0.312. The molecule has 2 aromatic rings. The van der Waals surface area contributed by atoms with Crippen LogP contribution in [0.5, 0.6) is 0 Å². The highest BCUT2D eigenvalue weighted by Crippen LogP contribution is 2.21. The van der Waals surface area contributed by atoms with E-state index < -0.39 is 0 Å². The smallest absolute Gasteiger partial charge is 0.339 e. The number of benzene rings is 1. The Balaban J connectivity index is 2.32. The van der Waals surface area contributed by atoms with Gasteiger partial charge in [0.05, 0.1) is 0 Å². The highest BCUT2D eigenvalue weighted by atomic mass is 16.4. The minimum Gasteiger partial charge on any atom is -0.428 e. The van der Waals surface area contributed by atoms with Crippen LogP contribution in [0.25, 0.3) is 0 Å². The second-order valence-corrected chi connectivity index (χ2v) is 4.53. The molecule has 0 spiro atoms. The van der Waals surface area contributed by atoms with Crippen LogP contribution in [0.4, 0.5) is 0 Å². The molecule has 2 heteroatoms. The van der Waals surface area contributed by atoms with Crippen molar-refractivity contribution in [3.8, 4) is 0 Å². The molecule has 1 aromatic heterocycles. The number of hydrogen-bond acceptors (Lipinski definition) is 2. The van der Waals surface area contributed by atoms with E-state index in [4.69, 9.17) is 4.42 Å². The SMILES string of the molecule is CCCc1ccc(C(C)c2ccccc2)c(=O)o1. The molecule has 0 aliphatic rings. The summed E-state index contributed by atoms with van der Waals surface area (Å²) in [7, 11) is 0. The van der Waals surface area contributed by atoms with E-state index in [0.717, 1.165) is 29.7 Å². The Morgan fingerprint density at radius 2 is 1.83 bits per heavy atom. The van der Waals surface area contributed by atoms with Crippen LogP contribution in [0.2, 0.25) is 0 Å². The van der Waals surface area contributed by atoms with Crippen molar-refractivity contribution in [1.82, 2.24) is 0 Å². The molecule has 0 amide bonds. The van der Waals surface area contributed by atoms with Gasteiger partial charge in [0, 0.05) is 17.9 Å². The lowest BCUT2D eigenvalue weighted by Crippen LogP contribution is -2.12. The van der Waals surface area contributed by atoms with E-state index in [9.17, 15) is 4.79 Å². The number of aryl methyl sites for hydroxylation is 1. The van der Waals surface area contributed by atoms with E-state index in [1.54, 1.807) is 0 Å². The molecule has 1 atom stereocenters. The van der Waals surface area contributed by atoms with Crippen LogP contribution in [-0.4, -0.2) is 0 Å². The zero-order chi connectivity index (χ0) is 13.0. The summed E-state index contributed by atoms with van der Waals surface area (Å²) < 4.78 is 5.34. The first kappa shape index (κ1) is 12.6. The molecule has 0 radical (unpaired) electrons. The molecule has 0 N–H and O–H groups in total. The molecule has 0 aliphatic carbocycles. The van der Waals surface area contributed by atoms with Gasteiger partial charge in [-0.15, -0.1) is 0 Å². The number of hydrogen-bond donors (Lipinski definition) is 0. The molecule has 0 saturated carbocycles. The standard InChI is InChI=1S/C16H18O2/c1-3-7-14-10-11-15(16(17)18-14)12(2)13-8-5-4-6-9-13/h4-6,8-12H,3,7H2,1-2H3. The zero-order valence-corrected chi connectivity index (χ0v) is 10.8. The van der Waals surface area contributed by atoms with Gasteiger partial charge in [0.15, 0.2) is 0 Å². The topological polar surface area (TPSA) is 30.2 Å². The van der Waals surface area contributed by atoms with Crippen LogP contribution in [0.1, 0.15) is 43.1 Å². The van der Waals surface area contributed by atoms with Crippen molar-refractivity contribution in [3.05, 3.63) is 69.8 Å². The molecule has 0 fully saturated rings. The van der Waals surface area contributed by atoms with Crippen LogP contribution >= 0.6 is 0 Å². The third-order valence-corrected chi connectivity index (χ3v) is 3.17. The van der Waals surface area contributed by atoms with Gasteiger partial charge < -0.3 is 4.42 Å². The summed E-state index contributed by atoms with van der Waals surface area (Å²) in [5.74, 6) is 0.838. The average Bonchev–Trinajstić information content (AvgIpc) is 2.40. The maximum atomic E-state index is 12.0. The van der Waals surface area contributed by atoms with Crippen molar-refractivity contribution in [2.75, 3.05) is 0 Å². The molecule has 1 aromatic carbocycles. The summed E-state index contributed by atoms with van der Waals surface area (Å²) in [6.45, 7) is 4.10. The van der Waals surface area contributed by atoms with Gasteiger partial charge in [-0.25, -0.2) is 4.79 Å². The van der Waals surface area contributed by atoms with Crippen molar-refractivity contribution in [1.29, 1.82) is 0 Å². The Hall–Kier alpha value is -1.83. The Kier molecular flexibility index (Phi) is 3.98. The normalized spacial score (nSPS) is 12.3. The molecular formula is C16H18O2. The second-order valence-electron chi connectivity index (χ2n) is 4.53. The van der Waals surface area contributed by atoms with Crippen molar-refractivity contribution in [2.45, 2.75) is 32.6 Å². The molecule has 1 unspecified atom stereocenters. The van der Waals surface area contributed by atoms with E-state index in [1.807, 2.05) is 49.4 Å². The summed E-state index contributed by atoms with van der Waals surface area (Å²) >= 11 is 0. The summed E-state index contributed by atoms with van der Waals surface area (Å²) in [6, 6.07) is 13.8. The highest BCUT2D eigenvalue weighted by molar-refractivity contribution is 5.29. The van der Waals surface area contributed by atoms with Crippen LogP contribution in [-0.2, 0) is 6.42 Å². The highest BCUT2D eigenvalue weighted by Gasteiger charge is 2.13. The van der Waals surface area contributed by atoms with Gasteiger partial charge in [-0.2, -0.15) is 0 Å². The predicted octanol–water partition coefficient (Wildman–Crippen LogP) is 3.74. The van der Waals surface area contributed by atoms with Crippen molar-refractivity contribution in [2.24, 2.45) is 0 Å². The minimum absolute atomic E-state index is 0.0677. The van der Waals surface area contributed by atoms with E-state index in [2.05, 4.69) is 6.92 Å². The van der Waals surface area contributed by atoms with Crippen LogP contribution < -0.4 is 5.63 Å². The van der Waals surface area contributed by atoms with Crippen molar-refractivity contribution >= 4 is 0 Å². The first-order chi connectivity index (χ1) is 8.72. The molecular weight excluding hydrogens is 224 g/mol. The summed E-state index contributed by atoms with van der Waals surface area (Å²) in [4.78, 5) is 12.0. The quantitative estimate of drug-likeness (QED) is 0.817. The van der Waals surface area contributed by atoms with Gasteiger partial charge in [0.2, 0.25) is 0 Å². The fourth-order valence-electron chi connectivity index (χ4n) is 2.09. The minimum atomic E-state index is -0.211. The molecule has 0 bridgehead atoms. The van der Waals surface area contributed by atoms with Gasteiger partial charge in [-0.3, -0.25) is 0 Å². The van der Waals surface area contributed by atoms with Crippen LogP contribution in [0, 0.1) is 0 Å². The zero-order valence-electron chi connectivity index (χ0n) is 10.8. The maximum absolute atomic E-state index is 12.0. The molecule has 2 nitrogen and oxygen atoms in total. The first-order valence-corrected chi connectivity index (χ1v) is 6.40. The van der Waals surface area contributed by atoms with Gasteiger partial charge in [-0.05, 0) is 24.1 Å². The van der Waals surface area contributed by atoms with Crippen molar-refractivity contribution in [3.63, 3.8) is 0 Å². The molecule has 94 valence electrons. The third-order valence-electron chi connectivity index (χ3n) is 3.17. The molecule has 2 rings (SSSR count). The Labute approximate surface area is 107 Å². The van der Waals surface area contributed by atoms with E-state index in [1.165, 1.54) is 0 Å². The van der Waals surface area contributed by atoms with Crippen LogP contribution in [0.3, 0.4) is 0 Å². The monoisotopic (exact) mass is 242 g/mol. The van der Waals surface area contributed by atoms with Gasteiger partial charge >= 0.3 is 5.63 Å². The Bertz CT molecular complexity index is 555. The van der Waals surface area contributed by atoms with Crippen molar-refractivity contribution < 1.29 is 4.42 Å². The first-order valence-electron chi connectivity index (χ1n) is 6.40. The largest absolute Gasteiger partial charge is 0.428 e. The average molecular weight is 242 g/mol. The Morgan fingerprint density at radius 3 is 2.44 bits per heavy atom. The third kappa shape index (κ3) is 2.70. The van der Waals surface area contributed by atoms with Gasteiger partial charge in [0.1, 0.15) is 5.76 Å². The molecule has 0 saturated heterocycles. The lowest BCUT2D eigenvalue weighted by atomic mass is 9.94. The molecule has 0 aliphatic heterocycles. The fourth-order valence-corrected chi connectivity index (χ4v) is 2.09. The van der Waals surface area contributed by atoms with E-state index in [-0.39, 0.29) is 11.5 Å². The molecule has 1 heterocycles. The summed E-state index contributed by atoms with van der Waals surface area (Å²) in [5.41, 5.74) is 1.64. The maximum Gasteiger partial charge on any atom is 0.339 e. The summed E-state index contributed by atoms with van der Waals surface area (Å²) in [6.07, 6.45) is 1.80. The Morgan fingerprint density at radius 1 is 1.11 bits per heavy atom. The van der Waals surface area contributed by atoms with Gasteiger partial charge in [0.25, 0.3) is 0 Å². The number of rotatable bonds is 4. The van der Waals surface area contributed by atoms with Gasteiger partial charge in [-0.1, -0.05) is 44.2 Å². The lowest BCUT2D eigenvalue weighted by Gasteiger charge is -2.11. The lowest BCUT2D eigenvalue weighted by molar-refractivity contribution is 0.448. The van der Waals surface area contributed by atoms with E-state index in [0.29, 0.717) is 0 Å². The predicted molar refractivity (Wildman–Crippen MR) is 72.9 cm³/mol. The summed E-state index contributed by atoms with van der Waals surface area (Å²) in [5, 5.41) is 0. The molecule has 18 heavy (non-hydrogen) atoms. The van der Waals surface area contributed by atoms with Crippen LogP contribution in [0.15, 0.2) is 51.7 Å². The second kappa shape index (κ2) is 5.67.